The molecule has 29 heavy (non-hydrogen) atoms. The SMILES string of the molecule is Cc1ccc(Br)cc1S(=O)(=O)N1CCCN(S(=O)(=O)c2cc(Br)ccc2C)CC1. The maximum absolute atomic E-state index is 13.2. The number of halogens is 2. The maximum Gasteiger partial charge on any atom is 0.243 e. The average molecular weight is 566 g/mol. The van der Waals surface area contributed by atoms with Crippen LogP contribution < -0.4 is 0 Å². The second kappa shape index (κ2) is 8.76. The van der Waals surface area contributed by atoms with Crippen molar-refractivity contribution < 1.29 is 16.8 Å². The fourth-order valence-corrected chi connectivity index (χ4v) is 7.80. The number of nitrogens with zero attached hydrogens (tertiary/aromatic N) is 2. The number of hydrogen-bond donors (Lipinski definition) is 0. The third-order valence-electron chi connectivity index (χ3n) is 4.95. The molecule has 1 saturated heterocycles. The topological polar surface area (TPSA) is 74.8 Å². The van der Waals surface area contributed by atoms with E-state index in [9.17, 15) is 16.8 Å². The van der Waals surface area contributed by atoms with E-state index in [4.69, 9.17) is 0 Å². The minimum atomic E-state index is -3.71. The molecule has 0 amide bonds. The van der Waals surface area contributed by atoms with Crippen molar-refractivity contribution in [3.8, 4) is 0 Å². The quantitative estimate of drug-likeness (QED) is 0.563. The summed E-state index contributed by atoms with van der Waals surface area (Å²) >= 11 is 6.66. The lowest BCUT2D eigenvalue weighted by atomic mass is 10.2. The minimum Gasteiger partial charge on any atom is -0.207 e. The van der Waals surface area contributed by atoms with Crippen molar-refractivity contribution in [2.24, 2.45) is 0 Å². The Hall–Kier alpha value is -0.780. The molecule has 10 heteroatoms. The summed E-state index contributed by atoms with van der Waals surface area (Å²) in [5.74, 6) is 0. The molecular formula is C19H22Br2N2O4S2. The molecule has 1 aliphatic rings. The van der Waals surface area contributed by atoms with Crippen LogP contribution in [0.4, 0.5) is 0 Å². The zero-order valence-corrected chi connectivity index (χ0v) is 20.9. The van der Waals surface area contributed by atoms with Gasteiger partial charge in [0.15, 0.2) is 0 Å². The summed E-state index contributed by atoms with van der Waals surface area (Å²) < 4.78 is 56.8. The number of hydrogen-bond acceptors (Lipinski definition) is 4. The van der Waals surface area contributed by atoms with Crippen LogP contribution in [0.5, 0.6) is 0 Å². The molecule has 0 bridgehead atoms. The van der Waals surface area contributed by atoms with Crippen LogP contribution >= 0.6 is 31.9 Å². The summed E-state index contributed by atoms with van der Waals surface area (Å²) in [4.78, 5) is 0.483. The van der Waals surface area contributed by atoms with Gasteiger partial charge in [0.05, 0.1) is 9.79 Å². The van der Waals surface area contributed by atoms with Crippen molar-refractivity contribution in [1.29, 1.82) is 0 Å². The summed E-state index contributed by atoms with van der Waals surface area (Å²) in [5, 5.41) is 0. The maximum atomic E-state index is 13.2. The third-order valence-corrected chi connectivity index (χ3v) is 10.0. The van der Waals surface area contributed by atoms with Gasteiger partial charge in [0.1, 0.15) is 0 Å². The molecule has 3 rings (SSSR count). The molecule has 0 saturated carbocycles. The van der Waals surface area contributed by atoms with Crippen LogP contribution in [0, 0.1) is 13.8 Å². The first-order chi connectivity index (χ1) is 13.5. The van der Waals surface area contributed by atoms with E-state index in [0.717, 1.165) is 0 Å². The van der Waals surface area contributed by atoms with E-state index in [2.05, 4.69) is 31.9 Å². The van der Waals surface area contributed by atoms with Gasteiger partial charge in [-0.25, -0.2) is 16.8 Å². The van der Waals surface area contributed by atoms with Gasteiger partial charge < -0.3 is 0 Å². The molecule has 0 unspecified atom stereocenters. The van der Waals surface area contributed by atoms with Crippen LogP contribution in [0.1, 0.15) is 17.5 Å². The predicted octanol–water partition coefficient (Wildman–Crippen LogP) is 3.91. The van der Waals surface area contributed by atoms with Gasteiger partial charge in [-0.05, 0) is 55.7 Å². The highest BCUT2D eigenvalue weighted by molar-refractivity contribution is 9.10. The van der Waals surface area contributed by atoms with E-state index in [1.807, 2.05) is 0 Å². The van der Waals surface area contributed by atoms with Gasteiger partial charge in [0, 0.05) is 35.1 Å². The van der Waals surface area contributed by atoms with Gasteiger partial charge in [0.25, 0.3) is 0 Å². The molecule has 1 fully saturated rings. The molecule has 0 radical (unpaired) electrons. The third kappa shape index (κ3) is 4.77. The van der Waals surface area contributed by atoms with Gasteiger partial charge >= 0.3 is 0 Å². The Bertz CT molecular complexity index is 1050. The van der Waals surface area contributed by atoms with Crippen LogP contribution in [-0.2, 0) is 20.0 Å². The van der Waals surface area contributed by atoms with Crippen molar-refractivity contribution in [2.45, 2.75) is 30.1 Å². The minimum absolute atomic E-state index is 0.112. The summed E-state index contributed by atoms with van der Waals surface area (Å²) in [7, 11) is -7.43. The van der Waals surface area contributed by atoms with Gasteiger partial charge in [-0.3, -0.25) is 0 Å². The lowest BCUT2D eigenvalue weighted by Gasteiger charge is -2.23. The Kier molecular flexibility index (Phi) is 6.92. The Morgan fingerprint density at radius 3 is 1.45 bits per heavy atom. The van der Waals surface area contributed by atoms with E-state index in [1.54, 1.807) is 50.2 Å². The van der Waals surface area contributed by atoms with Crippen molar-refractivity contribution in [3.63, 3.8) is 0 Å². The average Bonchev–Trinajstić information content (AvgIpc) is 2.93. The first-order valence-corrected chi connectivity index (χ1v) is 13.5. The van der Waals surface area contributed by atoms with Gasteiger partial charge in [-0.2, -0.15) is 8.61 Å². The Morgan fingerprint density at radius 2 is 1.07 bits per heavy atom. The molecule has 1 heterocycles. The number of aryl methyl sites for hydroxylation is 2. The fourth-order valence-electron chi connectivity index (χ4n) is 3.33. The van der Waals surface area contributed by atoms with Crippen LogP contribution in [0.15, 0.2) is 55.1 Å². The number of rotatable bonds is 4. The predicted molar refractivity (Wildman–Crippen MR) is 120 cm³/mol. The lowest BCUT2D eigenvalue weighted by Crippen LogP contribution is -2.37. The molecule has 0 atom stereocenters. The smallest absolute Gasteiger partial charge is 0.207 e. The van der Waals surface area contributed by atoms with Crippen LogP contribution in [0.3, 0.4) is 0 Å². The largest absolute Gasteiger partial charge is 0.243 e. The molecule has 0 aliphatic carbocycles. The fraction of sp³-hybridized carbons (Fsp3) is 0.368. The molecule has 158 valence electrons. The highest BCUT2D eigenvalue weighted by Gasteiger charge is 2.33. The first kappa shape index (κ1) is 22.9. The van der Waals surface area contributed by atoms with Gasteiger partial charge in [-0.1, -0.05) is 44.0 Å². The summed E-state index contributed by atoms with van der Waals surface area (Å²) in [6.45, 7) is 4.28. The highest BCUT2D eigenvalue weighted by Crippen LogP contribution is 2.27. The molecule has 2 aromatic rings. The van der Waals surface area contributed by atoms with Crippen molar-refractivity contribution in [2.75, 3.05) is 26.2 Å². The zero-order valence-electron chi connectivity index (χ0n) is 16.1. The Balaban J connectivity index is 1.87. The van der Waals surface area contributed by atoms with Crippen molar-refractivity contribution >= 4 is 51.9 Å². The Morgan fingerprint density at radius 1 is 0.690 bits per heavy atom. The second-order valence-electron chi connectivity index (χ2n) is 6.98. The van der Waals surface area contributed by atoms with Crippen LogP contribution in [-0.4, -0.2) is 51.6 Å². The Labute approximate surface area is 189 Å². The molecule has 0 N–H and O–H groups in total. The molecule has 0 aromatic heterocycles. The van der Waals surface area contributed by atoms with Crippen molar-refractivity contribution in [3.05, 3.63) is 56.5 Å². The van der Waals surface area contributed by atoms with E-state index < -0.39 is 20.0 Å². The summed E-state index contributed by atoms with van der Waals surface area (Å²) in [6.07, 6.45) is 0.429. The first-order valence-electron chi connectivity index (χ1n) is 9.06. The molecule has 6 nitrogen and oxygen atoms in total. The zero-order chi connectivity index (χ0) is 21.4. The van der Waals surface area contributed by atoms with Crippen LogP contribution in [0.25, 0.3) is 0 Å². The van der Waals surface area contributed by atoms with E-state index in [0.29, 0.717) is 26.5 Å². The van der Waals surface area contributed by atoms with Gasteiger partial charge in [0.2, 0.25) is 20.0 Å². The number of sulfonamides is 2. The standard InChI is InChI=1S/C19H22Br2N2O4S2/c1-14-4-6-16(20)12-18(14)28(24,25)22-8-3-9-23(11-10-22)29(26,27)19-13-17(21)7-5-15(19)2/h4-7,12-13H,3,8-11H2,1-2H3. The van der Waals surface area contributed by atoms with E-state index in [1.165, 1.54) is 8.61 Å². The lowest BCUT2D eigenvalue weighted by molar-refractivity contribution is 0.404. The van der Waals surface area contributed by atoms with E-state index >= 15 is 0 Å². The molecule has 1 aliphatic heterocycles. The second-order valence-corrected chi connectivity index (χ2v) is 12.6. The van der Waals surface area contributed by atoms with Crippen LogP contribution in [0.2, 0.25) is 0 Å². The van der Waals surface area contributed by atoms with Gasteiger partial charge in [-0.15, -0.1) is 0 Å². The molecule has 2 aromatic carbocycles. The number of benzene rings is 2. The van der Waals surface area contributed by atoms with E-state index in [-0.39, 0.29) is 36.0 Å². The monoisotopic (exact) mass is 564 g/mol. The molecular weight excluding hydrogens is 544 g/mol. The molecule has 0 spiro atoms. The van der Waals surface area contributed by atoms with Crippen molar-refractivity contribution in [1.82, 2.24) is 8.61 Å². The summed E-state index contributed by atoms with van der Waals surface area (Å²) in [6, 6.07) is 10.3. The normalized spacial score (nSPS) is 17.2. The highest BCUT2D eigenvalue weighted by atomic mass is 79.9. The summed E-state index contributed by atoms with van der Waals surface area (Å²) in [5.41, 5.74) is 1.32.